The van der Waals surface area contributed by atoms with Crippen molar-refractivity contribution in [2.45, 2.75) is 18.7 Å². The lowest BCUT2D eigenvalue weighted by molar-refractivity contribution is -0.116. The first-order valence-electron chi connectivity index (χ1n) is 8.25. The molecule has 27 heavy (non-hydrogen) atoms. The number of hydrogen-bond donors (Lipinski definition) is 1. The number of amides is 1. The van der Waals surface area contributed by atoms with Crippen LogP contribution in [0.15, 0.2) is 41.3 Å². The standard InChI is InChI=1S/C19H24N2O5S/c1-13-7-6-8-16(14(13)2)20-19(22)12-21(3)27(23,24)15-9-10-17(25-4)18(11-15)26-5/h6-11H,12H2,1-5H3,(H,20,22). The van der Waals surface area contributed by atoms with E-state index in [1.165, 1.54) is 39.5 Å². The molecular formula is C19H24N2O5S. The van der Waals surface area contributed by atoms with E-state index in [0.29, 0.717) is 17.2 Å². The molecule has 0 spiro atoms. The van der Waals surface area contributed by atoms with Crippen molar-refractivity contribution in [3.05, 3.63) is 47.5 Å². The zero-order valence-corrected chi connectivity index (χ0v) is 16.9. The fourth-order valence-electron chi connectivity index (χ4n) is 2.52. The number of benzene rings is 2. The summed E-state index contributed by atoms with van der Waals surface area (Å²) < 4.78 is 36.8. The second-order valence-corrected chi connectivity index (χ2v) is 8.12. The number of likely N-dealkylation sites (N-methyl/N-ethyl adjacent to an activating group) is 1. The van der Waals surface area contributed by atoms with Crippen molar-refractivity contribution in [3.63, 3.8) is 0 Å². The lowest BCUT2D eigenvalue weighted by Crippen LogP contribution is -2.35. The van der Waals surface area contributed by atoms with Crippen LogP contribution in [0.4, 0.5) is 5.69 Å². The van der Waals surface area contributed by atoms with Gasteiger partial charge in [0, 0.05) is 18.8 Å². The van der Waals surface area contributed by atoms with Gasteiger partial charge >= 0.3 is 0 Å². The van der Waals surface area contributed by atoms with E-state index in [4.69, 9.17) is 9.47 Å². The molecule has 1 N–H and O–H groups in total. The Labute approximate surface area is 160 Å². The van der Waals surface area contributed by atoms with Crippen LogP contribution in [0.1, 0.15) is 11.1 Å². The van der Waals surface area contributed by atoms with Gasteiger partial charge in [-0.15, -0.1) is 0 Å². The monoisotopic (exact) mass is 392 g/mol. The summed E-state index contributed by atoms with van der Waals surface area (Å²) >= 11 is 0. The number of nitrogens with zero attached hydrogens (tertiary/aromatic N) is 1. The van der Waals surface area contributed by atoms with Crippen molar-refractivity contribution in [1.82, 2.24) is 4.31 Å². The van der Waals surface area contributed by atoms with Crippen LogP contribution in [-0.2, 0) is 14.8 Å². The molecule has 0 saturated carbocycles. The molecule has 0 unspecified atom stereocenters. The smallest absolute Gasteiger partial charge is 0.243 e. The van der Waals surface area contributed by atoms with Crippen molar-refractivity contribution < 1.29 is 22.7 Å². The van der Waals surface area contributed by atoms with Crippen LogP contribution in [-0.4, -0.2) is 46.4 Å². The number of carbonyl (C=O) groups is 1. The summed E-state index contributed by atoms with van der Waals surface area (Å²) in [4.78, 5) is 12.3. The third kappa shape index (κ3) is 4.58. The van der Waals surface area contributed by atoms with E-state index < -0.39 is 15.9 Å². The minimum atomic E-state index is -3.87. The van der Waals surface area contributed by atoms with Crippen molar-refractivity contribution in [2.24, 2.45) is 0 Å². The number of nitrogens with one attached hydrogen (secondary N) is 1. The molecule has 0 fully saturated rings. The molecule has 0 aromatic heterocycles. The molecule has 0 saturated heterocycles. The maximum atomic E-state index is 12.8. The average Bonchev–Trinajstić information content (AvgIpc) is 2.64. The number of sulfonamides is 1. The normalized spacial score (nSPS) is 11.3. The van der Waals surface area contributed by atoms with Crippen LogP contribution in [0.2, 0.25) is 0 Å². The summed E-state index contributed by atoms with van der Waals surface area (Å²) in [7, 11) is 0.385. The van der Waals surface area contributed by atoms with Crippen LogP contribution in [0, 0.1) is 13.8 Å². The van der Waals surface area contributed by atoms with Gasteiger partial charge in [-0.1, -0.05) is 12.1 Å². The lowest BCUT2D eigenvalue weighted by atomic mass is 10.1. The fourth-order valence-corrected chi connectivity index (χ4v) is 3.66. The Morgan fingerprint density at radius 3 is 2.37 bits per heavy atom. The number of carbonyl (C=O) groups excluding carboxylic acids is 1. The number of rotatable bonds is 7. The van der Waals surface area contributed by atoms with E-state index in [-0.39, 0.29) is 11.4 Å². The Balaban J connectivity index is 2.17. The lowest BCUT2D eigenvalue weighted by Gasteiger charge is -2.18. The van der Waals surface area contributed by atoms with Crippen LogP contribution in [0.25, 0.3) is 0 Å². The molecule has 0 heterocycles. The minimum Gasteiger partial charge on any atom is -0.493 e. The molecule has 2 rings (SSSR count). The van der Waals surface area contributed by atoms with Crippen LogP contribution < -0.4 is 14.8 Å². The molecule has 8 heteroatoms. The molecule has 0 bridgehead atoms. The molecule has 2 aromatic carbocycles. The quantitative estimate of drug-likeness (QED) is 0.783. The van der Waals surface area contributed by atoms with E-state index in [0.717, 1.165) is 15.4 Å². The van der Waals surface area contributed by atoms with Crippen molar-refractivity contribution in [2.75, 3.05) is 33.1 Å². The molecule has 7 nitrogen and oxygen atoms in total. The Morgan fingerprint density at radius 1 is 1.07 bits per heavy atom. The highest BCUT2D eigenvalue weighted by Crippen LogP contribution is 2.30. The van der Waals surface area contributed by atoms with E-state index in [2.05, 4.69) is 5.32 Å². The number of ether oxygens (including phenoxy) is 2. The topological polar surface area (TPSA) is 84.9 Å². The van der Waals surface area contributed by atoms with Crippen molar-refractivity contribution >= 4 is 21.6 Å². The van der Waals surface area contributed by atoms with Crippen molar-refractivity contribution in [1.29, 1.82) is 0 Å². The average molecular weight is 392 g/mol. The van der Waals surface area contributed by atoms with E-state index in [9.17, 15) is 13.2 Å². The highest BCUT2D eigenvalue weighted by Gasteiger charge is 2.24. The summed E-state index contributed by atoms with van der Waals surface area (Å²) in [6.07, 6.45) is 0. The van der Waals surface area contributed by atoms with Gasteiger partial charge in [0.1, 0.15) is 0 Å². The minimum absolute atomic E-state index is 0.0159. The molecular weight excluding hydrogens is 368 g/mol. The van der Waals surface area contributed by atoms with Gasteiger partial charge in [0.2, 0.25) is 15.9 Å². The molecule has 146 valence electrons. The molecule has 1 amide bonds. The van der Waals surface area contributed by atoms with Crippen LogP contribution in [0.5, 0.6) is 11.5 Å². The van der Waals surface area contributed by atoms with Gasteiger partial charge in [-0.25, -0.2) is 8.42 Å². The largest absolute Gasteiger partial charge is 0.493 e. The third-order valence-corrected chi connectivity index (χ3v) is 6.11. The second kappa shape index (κ2) is 8.41. The van der Waals surface area contributed by atoms with Gasteiger partial charge in [-0.05, 0) is 43.2 Å². The van der Waals surface area contributed by atoms with Crippen molar-refractivity contribution in [3.8, 4) is 11.5 Å². The van der Waals surface area contributed by atoms with Gasteiger partial charge in [0.25, 0.3) is 0 Å². The maximum absolute atomic E-state index is 12.8. The molecule has 0 aliphatic rings. The summed E-state index contributed by atoms with van der Waals surface area (Å²) in [5.41, 5.74) is 2.65. The predicted molar refractivity (Wildman–Crippen MR) is 104 cm³/mol. The SMILES string of the molecule is COc1ccc(S(=O)(=O)N(C)CC(=O)Nc2cccc(C)c2C)cc1OC. The number of hydrogen-bond acceptors (Lipinski definition) is 5. The number of anilines is 1. The fraction of sp³-hybridized carbons (Fsp3) is 0.316. The third-order valence-electron chi connectivity index (χ3n) is 4.31. The van der Waals surface area contributed by atoms with Crippen LogP contribution >= 0.6 is 0 Å². The summed E-state index contributed by atoms with van der Waals surface area (Å²) in [6, 6.07) is 9.85. The van der Waals surface area contributed by atoms with Gasteiger partial charge in [0.05, 0.1) is 25.7 Å². The maximum Gasteiger partial charge on any atom is 0.243 e. The first kappa shape index (κ1) is 20.7. The Bertz CT molecular complexity index is 941. The Hall–Kier alpha value is -2.58. The van der Waals surface area contributed by atoms with Gasteiger partial charge in [0.15, 0.2) is 11.5 Å². The molecule has 0 aliphatic heterocycles. The highest BCUT2D eigenvalue weighted by molar-refractivity contribution is 7.89. The Morgan fingerprint density at radius 2 is 1.74 bits per heavy atom. The second-order valence-electron chi connectivity index (χ2n) is 6.07. The van der Waals surface area contributed by atoms with Gasteiger partial charge < -0.3 is 14.8 Å². The zero-order chi connectivity index (χ0) is 20.2. The number of methoxy groups -OCH3 is 2. The van der Waals surface area contributed by atoms with E-state index in [1.807, 2.05) is 26.0 Å². The van der Waals surface area contributed by atoms with Crippen LogP contribution in [0.3, 0.4) is 0 Å². The summed E-state index contributed by atoms with van der Waals surface area (Å²) in [5.74, 6) is 0.300. The molecule has 2 aromatic rings. The summed E-state index contributed by atoms with van der Waals surface area (Å²) in [5, 5.41) is 2.76. The van der Waals surface area contributed by atoms with Gasteiger partial charge in [-0.2, -0.15) is 4.31 Å². The number of aryl methyl sites for hydroxylation is 1. The van der Waals surface area contributed by atoms with E-state index >= 15 is 0 Å². The molecule has 0 aliphatic carbocycles. The molecule has 0 atom stereocenters. The molecule has 0 radical (unpaired) electrons. The Kier molecular flexibility index (Phi) is 6.45. The first-order chi connectivity index (χ1) is 12.7. The first-order valence-corrected chi connectivity index (χ1v) is 9.69. The zero-order valence-electron chi connectivity index (χ0n) is 16.1. The highest BCUT2D eigenvalue weighted by atomic mass is 32.2. The summed E-state index contributed by atoms with van der Waals surface area (Å²) in [6.45, 7) is 3.53. The van der Waals surface area contributed by atoms with Gasteiger partial charge in [-0.3, -0.25) is 4.79 Å². The van der Waals surface area contributed by atoms with E-state index in [1.54, 1.807) is 6.07 Å². The predicted octanol–water partition coefficient (Wildman–Crippen LogP) is 2.58.